The van der Waals surface area contributed by atoms with Gasteiger partial charge in [-0.3, -0.25) is 9.69 Å². The van der Waals surface area contributed by atoms with Gasteiger partial charge in [0.1, 0.15) is 0 Å². The van der Waals surface area contributed by atoms with Gasteiger partial charge in [0.15, 0.2) is 0 Å². The van der Waals surface area contributed by atoms with Crippen molar-refractivity contribution in [2.24, 2.45) is 0 Å². The van der Waals surface area contributed by atoms with E-state index in [1.54, 1.807) is 11.3 Å². The second kappa shape index (κ2) is 4.99. The number of likely N-dealkylation sites (N-methyl/N-ethyl adjacent to an activating group) is 1. The lowest BCUT2D eigenvalue weighted by atomic mass is 10.3. The highest BCUT2D eigenvalue weighted by atomic mass is 32.1. The van der Waals surface area contributed by atoms with E-state index in [1.807, 2.05) is 28.7 Å². The van der Waals surface area contributed by atoms with Crippen molar-refractivity contribution in [3.05, 3.63) is 22.4 Å². The third-order valence-electron chi connectivity index (χ3n) is 1.79. The van der Waals surface area contributed by atoms with Gasteiger partial charge in [-0.1, -0.05) is 6.92 Å². The number of rotatable bonds is 5. The molecule has 0 unspecified atom stereocenters. The van der Waals surface area contributed by atoms with Crippen LogP contribution in [0.25, 0.3) is 0 Å². The summed E-state index contributed by atoms with van der Waals surface area (Å²) in [4.78, 5) is 12.4. The van der Waals surface area contributed by atoms with Gasteiger partial charge >= 0.3 is 5.97 Å². The lowest BCUT2D eigenvalue weighted by Gasteiger charge is -2.16. The fourth-order valence-electron chi connectivity index (χ4n) is 1.11. The molecule has 0 amide bonds. The van der Waals surface area contributed by atoms with Gasteiger partial charge in [0.2, 0.25) is 0 Å². The van der Waals surface area contributed by atoms with E-state index in [0.717, 1.165) is 13.1 Å². The summed E-state index contributed by atoms with van der Waals surface area (Å²) in [7, 11) is 0. The van der Waals surface area contributed by atoms with Crippen molar-refractivity contribution in [1.82, 2.24) is 4.90 Å². The van der Waals surface area contributed by atoms with Gasteiger partial charge in [0.25, 0.3) is 0 Å². The number of nitrogens with zero attached hydrogens (tertiary/aromatic N) is 1. The van der Waals surface area contributed by atoms with E-state index in [4.69, 9.17) is 5.11 Å². The molecule has 0 radical (unpaired) electrons. The van der Waals surface area contributed by atoms with Gasteiger partial charge in [-0.25, -0.2) is 0 Å². The van der Waals surface area contributed by atoms with Gasteiger partial charge in [0, 0.05) is 6.54 Å². The van der Waals surface area contributed by atoms with E-state index in [0.29, 0.717) is 0 Å². The number of carboxylic acid groups (broad SMARTS) is 1. The number of thiophene rings is 1. The van der Waals surface area contributed by atoms with Crippen LogP contribution in [0.2, 0.25) is 0 Å². The Morgan fingerprint density at radius 2 is 2.46 bits per heavy atom. The Balaban J connectivity index is 2.45. The minimum Gasteiger partial charge on any atom is -0.480 e. The van der Waals surface area contributed by atoms with Crippen LogP contribution in [0.3, 0.4) is 0 Å². The van der Waals surface area contributed by atoms with Crippen molar-refractivity contribution < 1.29 is 9.90 Å². The van der Waals surface area contributed by atoms with Crippen molar-refractivity contribution in [2.75, 3.05) is 13.1 Å². The number of carbonyl (C=O) groups is 1. The molecule has 0 aliphatic rings. The normalized spacial score (nSPS) is 10.6. The molecule has 1 aromatic heterocycles. The zero-order valence-corrected chi connectivity index (χ0v) is 8.38. The van der Waals surface area contributed by atoms with Crippen molar-refractivity contribution in [3.63, 3.8) is 0 Å². The van der Waals surface area contributed by atoms with Gasteiger partial charge in [0.05, 0.1) is 6.54 Å². The molecule has 1 aromatic rings. The number of aliphatic carboxylic acids is 1. The molecule has 0 bridgehead atoms. The first-order chi connectivity index (χ1) is 6.22. The summed E-state index contributed by atoms with van der Waals surface area (Å²) in [6, 6.07) is 2.02. The van der Waals surface area contributed by atoms with E-state index in [-0.39, 0.29) is 6.54 Å². The maximum atomic E-state index is 10.5. The standard InChI is InChI=1S/C9H13NO2S/c1-2-10(6-9(11)12)5-8-3-4-13-7-8/h3-4,7H,2,5-6H2,1H3,(H,11,12). The zero-order chi connectivity index (χ0) is 9.68. The minimum atomic E-state index is -0.767. The summed E-state index contributed by atoms with van der Waals surface area (Å²) in [5.74, 6) is -0.767. The molecule has 0 spiro atoms. The van der Waals surface area contributed by atoms with E-state index in [2.05, 4.69) is 0 Å². The fourth-order valence-corrected chi connectivity index (χ4v) is 1.77. The summed E-state index contributed by atoms with van der Waals surface area (Å²) in [5, 5.41) is 12.7. The third-order valence-corrected chi connectivity index (χ3v) is 2.52. The fraction of sp³-hybridized carbons (Fsp3) is 0.444. The quantitative estimate of drug-likeness (QED) is 0.784. The lowest BCUT2D eigenvalue weighted by Crippen LogP contribution is -2.28. The highest BCUT2D eigenvalue weighted by Crippen LogP contribution is 2.08. The van der Waals surface area contributed by atoms with Crippen molar-refractivity contribution in [1.29, 1.82) is 0 Å². The van der Waals surface area contributed by atoms with E-state index >= 15 is 0 Å². The first-order valence-corrected chi connectivity index (χ1v) is 5.12. The highest BCUT2D eigenvalue weighted by molar-refractivity contribution is 7.07. The maximum Gasteiger partial charge on any atom is 0.317 e. The molecule has 0 fully saturated rings. The molecule has 13 heavy (non-hydrogen) atoms. The molecule has 0 aromatic carbocycles. The zero-order valence-electron chi connectivity index (χ0n) is 7.56. The molecule has 1 rings (SSSR count). The Hall–Kier alpha value is -0.870. The van der Waals surface area contributed by atoms with E-state index in [9.17, 15) is 4.79 Å². The van der Waals surface area contributed by atoms with Gasteiger partial charge < -0.3 is 5.11 Å². The number of carboxylic acids is 1. The molecule has 0 aliphatic heterocycles. The maximum absolute atomic E-state index is 10.5. The largest absolute Gasteiger partial charge is 0.480 e. The Kier molecular flexibility index (Phi) is 3.92. The van der Waals surface area contributed by atoms with Crippen LogP contribution in [-0.2, 0) is 11.3 Å². The second-order valence-corrected chi connectivity index (χ2v) is 3.61. The van der Waals surface area contributed by atoms with Gasteiger partial charge in [-0.15, -0.1) is 0 Å². The summed E-state index contributed by atoms with van der Waals surface area (Å²) in [5.41, 5.74) is 1.19. The Morgan fingerprint density at radius 3 is 2.92 bits per heavy atom. The Morgan fingerprint density at radius 1 is 1.69 bits per heavy atom. The van der Waals surface area contributed by atoms with Crippen molar-refractivity contribution in [3.8, 4) is 0 Å². The van der Waals surface area contributed by atoms with Crippen LogP contribution in [0, 0.1) is 0 Å². The van der Waals surface area contributed by atoms with Crippen LogP contribution >= 0.6 is 11.3 Å². The molecular formula is C9H13NO2S. The molecule has 4 heteroatoms. The summed E-state index contributed by atoms with van der Waals surface area (Å²) in [6.45, 7) is 3.58. The monoisotopic (exact) mass is 199 g/mol. The molecule has 3 nitrogen and oxygen atoms in total. The molecule has 72 valence electrons. The van der Waals surface area contributed by atoms with Crippen LogP contribution in [0.4, 0.5) is 0 Å². The highest BCUT2D eigenvalue weighted by Gasteiger charge is 2.07. The molecule has 0 saturated heterocycles. The van der Waals surface area contributed by atoms with Crippen LogP contribution < -0.4 is 0 Å². The van der Waals surface area contributed by atoms with Crippen LogP contribution in [0.1, 0.15) is 12.5 Å². The summed E-state index contributed by atoms with van der Waals surface area (Å²) in [6.07, 6.45) is 0. The summed E-state index contributed by atoms with van der Waals surface area (Å²) < 4.78 is 0. The number of hydrogen-bond acceptors (Lipinski definition) is 3. The Labute approximate surface area is 81.6 Å². The van der Waals surface area contributed by atoms with Gasteiger partial charge in [-0.05, 0) is 28.9 Å². The van der Waals surface area contributed by atoms with Crippen LogP contribution in [0.5, 0.6) is 0 Å². The molecule has 0 saturated carbocycles. The first kappa shape index (κ1) is 10.2. The topological polar surface area (TPSA) is 40.5 Å². The van der Waals surface area contributed by atoms with Crippen molar-refractivity contribution in [2.45, 2.75) is 13.5 Å². The Bertz CT molecular complexity index is 259. The van der Waals surface area contributed by atoms with Crippen molar-refractivity contribution >= 4 is 17.3 Å². The molecule has 0 atom stereocenters. The number of hydrogen-bond donors (Lipinski definition) is 1. The smallest absolute Gasteiger partial charge is 0.317 e. The molecular weight excluding hydrogens is 186 g/mol. The van der Waals surface area contributed by atoms with Gasteiger partial charge in [-0.2, -0.15) is 11.3 Å². The SMILES string of the molecule is CCN(CC(=O)O)Cc1ccsc1. The average Bonchev–Trinajstić information content (AvgIpc) is 2.55. The first-order valence-electron chi connectivity index (χ1n) is 4.17. The second-order valence-electron chi connectivity index (χ2n) is 2.83. The predicted molar refractivity (Wildman–Crippen MR) is 52.9 cm³/mol. The van der Waals surface area contributed by atoms with Crippen LogP contribution in [-0.4, -0.2) is 29.1 Å². The van der Waals surface area contributed by atoms with E-state index in [1.165, 1.54) is 5.56 Å². The molecule has 1 heterocycles. The molecule has 1 N–H and O–H groups in total. The third kappa shape index (κ3) is 3.57. The minimum absolute atomic E-state index is 0.117. The average molecular weight is 199 g/mol. The van der Waals surface area contributed by atoms with E-state index < -0.39 is 5.97 Å². The lowest BCUT2D eigenvalue weighted by molar-refractivity contribution is -0.138. The molecule has 0 aliphatic carbocycles. The predicted octanol–water partition coefficient (Wildman–Crippen LogP) is 1.65. The van der Waals surface area contributed by atoms with Crippen LogP contribution in [0.15, 0.2) is 16.8 Å². The summed E-state index contributed by atoms with van der Waals surface area (Å²) >= 11 is 1.64.